The third kappa shape index (κ3) is 5.09. The van der Waals surface area contributed by atoms with E-state index in [1.54, 1.807) is 0 Å². The van der Waals surface area contributed by atoms with E-state index in [0.717, 1.165) is 67.1 Å². The molecule has 3 aromatic rings. The maximum atomic E-state index is 13.1. The first kappa shape index (κ1) is 18.9. The van der Waals surface area contributed by atoms with E-state index in [2.05, 4.69) is 20.4 Å². The highest BCUT2D eigenvalue weighted by Gasteiger charge is 2.10. The zero-order chi connectivity index (χ0) is 19.2. The van der Waals surface area contributed by atoms with Gasteiger partial charge in [-0.2, -0.15) is 5.10 Å². The van der Waals surface area contributed by atoms with Crippen molar-refractivity contribution in [2.45, 2.75) is 6.42 Å². The minimum absolute atomic E-state index is 0.238. The fourth-order valence-corrected chi connectivity index (χ4v) is 3.77. The minimum atomic E-state index is -0.238. The van der Waals surface area contributed by atoms with E-state index in [0.29, 0.717) is 6.61 Å². The molecule has 2 aromatic heterocycles. The van der Waals surface area contributed by atoms with Gasteiger partial charge >= 0.3 is 0 Å². The second kappa shape index (κ2) is 9.18. The number of nitrogens with one attached hydrogen (secondary N) is 2. The summed E-state index contributed by atoms with van der Waals surface area (Å²) in [5.74, 6) is 1.37. The summed E-state index contributed by atoms with van der Waals surface area (Å²) in [5, 5.41) is 11.9. The number of nitrogens with zero attached hydrogens (tertiary/aromatic N) is 2. The Hall–Kier alpha value is -2.42. The van der Waals surface area contributed by atoms with Crippen molar-refractivity contribution < 1.29 is 13.9 Å². The second-order valence-corrected chi connectivity index (χ2v) is 7.51. The molecule has 0 unspecified atom stereocenters. The fourth-order valence-electron chi connectivity index (χ4n) is 3.05. The largest absolute Gasteiger partial charge is 0.494 e. The van der Waals surface area contributed by atoms with Gasteiger partial charge in [0.15, 0.2) is 0 Å². The molecule has 1 aliphatic rings. The van der Waals surface area contributed by atoms with E-state index in [4.69, 9.17) is 9.47 Å². The quantitative estimate of drug-likeness (QED) is 0.555. The number of thiophene rings is 1. The molecule has 0 aliphatic carbocycles. The van der Waals surface area contributed by atoms with E-state index >= 15 is 0 Å². The lowest BCUT2D eigenvalue weighted by Gasteiger charge is -2.26. The topological polar surface area (TPSA) is 62.4 Å². The molecule has 8 heteroatoms. The predicted molar refractivity (Wildman–Crippen MR) is 109 cm³/mol. The Labute approximate surface area is 167 Å². The normalized spacial score (nSPS) is 14.9. The van der Waals surface area contributed by atoms with Crippen LogP contribution in [0.3, 0.4) is 0 Å². The average Bonchev–Trinajstić information content (AvgIpc) is 3.36. The monoisotopic (exact) mass is 402 g/mol. The zero-order valence-corrected chi connectivity index (χ0v) is 16.3. The number of hydrogen-bond donors (Lipinski definition) is 2. The maximum Gasteiger partial charge on any atom is 0.134 e. The Morgan fingerprint density at radius 1 is 1.21 bits per heavy atom. The first-order chi connectivity index (χ1) is 13.8. The lowest BCUT2D eigenvalue weighted by molar-refractivity contribution is 0.0358. The Balaban J connectivity index is 1.23. The van der Waals surface area contributed by atoms with E-state index < -0.39 is 0 Å². The van der Waals surface area contributed by atoms with Gasteiger partial charge in [0.1, 0.15) is 23.1 Å². The third-order valence-corrected chi connectivity index (χ3v) is 5.45. The highest BCUT2D eigenvalue weighted by Crippen LogP contribution is 2.27. The van der Waals surface area contributed by atoms with Crippen molar-refractivity contribution >= 4 is 22.8 Å². The van der Waals surface area contributed by atoms with Crippen LogP contribution in [-0.4, -0.2) is 54.6 Å². The SMILES string of the molecule is Fc1csc(-c2cc(Nc3ccc(OCCCN4CCOCC4)cc3)[nH]n2)c1. The van der Waals surface area contributed by atoms with Gasteiger partial charge in [0.05, 0.1) is 24.7 Å². The minimum Gasteiger partial charge on any atom is -0.494 e. The number of hydrogen-bond acceptors (Lipinski definition) is 6. The van der Waals surface area contributed by atoms with E-state index in [1.807, 2.05) is 30.3 Å². The Morgan fingerprint density at radius 2 is 2.04 bits per heavy atom. The standard InChI is InChI=1S/C20H23FN4O2S/c21-15-12-19(28-14-15)18-13-20(24-23-18)22-16-2-4-17(5-3-16)27-9-1-6-25-7-10-26-11-8-25/h2-5,12-14H,1,6-11H2,(H2,22,23,24). The molecule has 0 spiro atoms. The number of halogens is 1. The molecule has 1 aromatic carbocycles. The summed E-state index contributed by atoms with van der Waals surface area (Å²) in [6.07, 6.45) is 1.00. The zero-order valence-electron chi connectivity index (χ0n) is 15.5. The van der Waals surface area contributed by atoms with Crippen molar-refractivity contribution in [3.05, 3.63) is 47.6 Å². The lowest BCUT2D eigenvalue weighted by atomic mass is 10.3. The van der Waals surface area contributed by atoms with Crippen LogP contribution in [0.2, 0.25) is 0 Å². The van der Waals surface area contributed by atoms with Gasteiger partial charge in [0.25, 0.3) is 0 Å². The Morgan fingerprint density at radius 3 is 2.79 bits per heavy atom. The molecule has 0 saturated carbocycles. The number of benzene rings is 1. The molecule has 2 N–H and O–H groups in total. The number of anilines is 2. The molecular weight excluding hydrogens is 379 g/mol. The summed E-state index contributed by atoms with van der Waals surface area (Å²) in [4.78, 5) is 3.20. The number of morpholine rings is 1. The average molecular weight is 402 g/mol. The molecule has 0 amide bonds. The Kier molecular flexibility index (Phi) is 6.20. The van der Waals surface area contributed by atoms with Gasteiger partial charge in [-0.25, -0.2) is 4.39 Å². The summed E-state index contributed by atoms with van der Waals surface area (Å²) < 4.78 is 24.3. The van der Waals surface area contributed by atoms with Crippen LogP contribution in [0.4, 0.5) is 15.9 Å². The number of H-pyrrole nitrogens is 1. The Bertz CT molecular complexity index is 874. The molecule has 3 heterocycles. The van der Waals surface area contributed by atoms with E-state index in [-0.39, 0.29) is 5.82 Å². The van der Waals surface area contributed by atoms with E-state index in [9.17, 15) is 4.39 Å². The van der Waals surface area contributed by atoms with Crippen molar-refractivity contribution in [1.82, 2.24) is 15.1 Å². The molecule has 0 radical (unpaired) electrons. The summed E-state index contributed by atoms with van der Waals surface area (Å²) >= 11 is 1.33. The summed E-state index contributed by atoms with van der Waals surface area (Å²) in [6.45, 7) is 5.42. The molecule has 1 saturated heterocycles. The molecule has 6 nitrogen and oxygen atoms in total. The molecule has 0 atom stereocenters. The molecule has 0 bridgehead atoms. The smallest absolute Gasteiger partial charge is 0.134 e. The number of rotatable bonds is 8. The molecule has 1 aliphatic heterocycles. The van der Waals surface area contributed by atoms with Crippen LogP contribution in [0, 0.1) is 5.82 Å². The van der Waals surface area contributed by atoms with Gasteiger partial charge in [-0.3, -0.25) is 10.00 Å². The summed E-state index contributed by atoms with van der Waals surface area (Å²) in [5.41, 5.74) is 1.64. The van der Waals surface area contributed by atoms with Crippen LogP contribution in [-0.2, 0) is 4.74 Å². The van der Waals surface area contributed by atoms with E-state index in [1.165, 1.54) is 22.8 Å². The van der Waals surface area contributed by atoms with Gasteiger partial charge in [0.2, 0.25) is 0 Å². The highest BCUT2D eigenvalue weighted by molar-refractivity contribution is 7.13. The van der Waals surface area contributed by atoms with Gasteiger partial charge in [-0.15, -0.1) is 11.3 Å². The van der Waals surface area contributed by atoms with Crippen molar-refractivity contribution in [2.24, 2.45) is 0 Å². The predicted octanol–water partition coefficient (Wildman–Crippen LogP) is 4.12. The van der Waals surface area contributed by atoms with Gasteiger partial charge in [0, 0.05) is 36.8 Å². The van der Waals surface area contributed by atoms with Gasteiger partial charge in [-0.1, -0.05) is 0 Å². The van der Waals surface area contributed by atoms with Crippen molar-refractivity contribution in [1.29, 1.82) is 0 Å². The van der Waals surface area contributed by atoms with Crippen molar-refractivity contribution in [3.8, 4) is 16.3 Å². The lowest BCUT2D eigenvalue weighted by Crippen LogP contribution is -2.37. The number of aromatic amines is 1. The van der Waals surface area contributed by atoms with Gasteiger partial charge < -0.3 is 14.8 Å². The molecular formula is C20H23FN4O2S. The second-order valence-electron chi connectivity index (χ2n) is 6.60. The number of ether oxygens (including phenoxy) is 2. The molecule has 28 heavy (non-hydrogen) atoms. The molecule has 1 fully saturated rings. The van der Waals surface area contributed by atoms with Crippen LogP contribution < -0.4 is 10.1 Å². The summed E-state index contributed by atoms with van der Waals surface area (Å²) in [6, 6.07) is 11.2. The van der Waals surface area contributed by atoms with Crippen LogP contribution in [0.15, 0.2) is 41.8 Å². The third-order valence-electron chi connectivity index (χ3n) is 4.52. The highest BCUT2D eigenvalue weighted by atomic mass is 32.1. The molecule has 4 rings (SSSR count). The number of aromatic nitrogens is 2. The maximum absolute atomic E-state index is 13.1. The summed E-state index contributed by atoms with van der Waals surface area (Å²) in [7, 11) is 0. The van der Waals surface area contributed by atoms with Crippen LogP contribution in [0.5, 0.6) is 5.75 Å². The first-order valence-corrected chi connectivity index (χ1v) is 10.2. The van der Waals surface area contributed by atoms with Crippen LogP contribution in [0.25, 0.3) is 10.6 Å². The van der Waals surface area contributed by atoms with Gasteiger partial charge in [-0.05, 0) is 36.8 Å². The fraction of sp³-hybridized carbons (Fsp3) is 0.350. The first-order valence-electron chi connectivity index (χ1n) is 9.36. The van der Waals surface area contributed by atoms with Crippen LogP contribution >= 0.6 is 11.3 Å². The van der Waals surface area contributed by atoms with Crippen LogP contribution in [0.1, 0.15) is 6.42 Å². The van der Waals surface area contributed by atoms with Crippen molar-refractivity contribution in [2.75, 3.05) is 44.8 Å². The molecule has 148 valence electrons. The van der Waals surface area contributed by atoms with Crippen molar-refractivity contribution in [3.63, 3.8) is 0 Å².